The van der Waals surface area contributed by atoms with Crippen LogP contribution >= 0.6 is 15.9 Å². The molecular formula is C18H20BrN3O2. The predicted molar refractivity (Wildman–Crippen MR) is 97.3 cm³/mol. The van der Waals surface area contributed by atoms with Gasteiger partial charge in [0.15, 0.2) is 0 Å². The highest BCUT2D eigenvalue weighted by atomic mass is 79.9. The van der Waals surface area contributed by atoms with Gasteiger partial charge in [0.25, 0.3) is 5.56 Å². The van der Waals surface area contributed by atoms with Gasteiger partial charge in [-0.2, -0.15) is 5.10 Å². The van der Waals surface area contributed by atoms with Crippen LogP contribution in [-0.2, 0) is 24.2 Å². The topological polar surface area (TPSA) is 64.0 Å². The fourth-order valence-electron chi connectivity index (χ4n) is 2.95. The van der Waals surface area contributed by atoms with Crippen molar-refractivity contribution in [3.05, 3.63) is 55.9 Å². The van der Waals surface area contributed by atoms with E-state index in [-0.39, 0.29) is 18.0 Å². The van der Waals surface area contributed by atoms with Gasteiger partial charge in [-0.1, -0.05) is 22.4 Å². The van der Waals surface area contributed by atoms with Crippen molar-refractivity contribution in [3.63, 3.8) is 0 Å². The largest absolute Gasteiger partial charge is 0.324 e. The van der Waals surface area contributed by atoms with Gasteiger partial charge in [-0.25, -0.2) is 4.68 Å². The number of rotatable bonds is 3. The molecule has 0 saturated heterocycles. The lowest BCUT2D eigenvalue weighted by Gasteiger charge is -2.11. The molecule has 1 aliphatic rings. The van der Waals surface area contributed by atoms with E-state index < -0.39 is 0 Å². The first kappa shape index (κ1) is 16.9. The molecule has 1 aromatic heterocycles. The highest BCUT2D eigenvalue weighted by Crippen LogP contribution is 2.20. The zero-order valence-corrected chi connectivity index (χ0v) is 15.2. The van der Waals surface area contributed by atoms with Crippen LogP contribution < -0.4 is 10.9 Å². The van der Waals surface area contributed by atoms with Crippen molar-refractivity contribution in [1.29, 1.82) is 0 Å². The van der Waals surface area contributed by atoms with Gasteiger partial charge >= 0.3 is 0 Å². The molecule has 24 heavy (non-hydrogen) atoms. The molecule has 1 N–H and O–H groups in total. The average Bonchev–Trinajstić information content (AvgIpc) is 2.76. The summed E-state index contributed by atoms with van der Waals surface area (Å²) in [5.74, 6) is -0.250. The number of nitrogens with zero attached hydrogens (tertiary/aromatic N) is 2. The smallest absolute Gasteiger partial charge is 0.267 e. The molecule has 1 aromatic carbocycles. The Balaban J connectivity index is 1.75. The quantitative estimate of drug-likeness (QED) is 0.819. The lowest BCUT2D eigenvalue weighted by Crippen LogP contribution is -2.30. The summed E-state index contributed by atoms with van der Waals surface area (Å²) in [5, 5.41) is 7.24. The Kier molecular flexibility index (Phi) is 5.14. The number of fused-ring (bicyclic) bond motifs is 1. The van der Waals surface area contributed by atoms with Gasteiger partial charge in [0, 0.05) is 16.2 Å². The van der Waals surface area contributed by atoms with Crippen molar-refractivity contribution >= 4 is 27.5 Å². The van der Waals surface area contributed by atoms with Crippen molar-refractivity contribution in [1.82, 2.24) is 9.78 Å². The van der Waals surface area contributed by atoms with Crippen molar-refractivity contribution in [2.24, 2.45) is 0 Å². The van der Waals surface area contributed by atoms with E-state index in [0.717, 1.165) is 53.4 Å². The van der Waals surface area contributed by atoms with Crippen LogP contribution in [0, 0.1) is 6.92 Å². The second-order valence-electron chi connectivity index (χ2n) is 6.18. The number of anilines is 1. The molecule has 0 spiro atoms. The van der Waals surface area contributed by atoms with E-state index in [1.807, 2.05) is 25.1 Å². The second-order valence-corrected chi connectivity index (χ2v) is 7.04. The minimum atomic E-state index is -0.250. The monoisotopic (exact) mass is 389 g/mol. The van der Waals surface area contributed by atoms with Crippen LogP contribution in [0.4, 0.5) is 5.69 Å². The summed E-state index contributed by atoms with van der Waals surface area (Å²) < 4.78 is 2.26. The van der Waals surface area contributed by atoms with E-state index in [2.05, 4.69) is 26.3 Å². The van der Waals surface area contributed by atoms with Crippen LogP contribution in [0.2, 0.25) is 0 Å². The minimum absolute atomic E-state index is 0.0682. The molecule has 2 aromatic rings. The van der Waals surface area contributed by atoms with Gasteiger partial charge in [0.2, 0.25) is 5.91 Å². The Morgan fingerprint density at radius 3 is 2.83 bits per heavy atom. The lowest BCUT2D eigenvalue weighted by atomic mass is 10.1. The summed E-state index contributed by atoms with van der Waals surface area (Å²) in [5.41, 5.74) is 3.53. The molecule has 1 amide bonds. The number of hydrogen-bond acceptors (Lipinski definition) is 3. The van der Waals surface area contributed by atoms with Gasteiger partial charge in [-0.15, -0.1) is 0 Å². The van der Waals surface area contributed by atoms with Crippen molar-refractivity contribution in [2.75, 3.05) is 5.32 Å². The SMILES string of the molecule is Cc1cc(NC(=O)Cn2nc3c(cc2=O)CCCCC3)ccc1Br. The summed E-state index contributed by atoms with van der Waals surface area (Å²) in [7, 11) is 0. The fourth-order valence-corrected chi connectivity index (χ4v) is 3.20. The van der Waals surface area contributed by atoms with Gasteiger partial charge < -0.3 is 5.32 Å². The van der Waals surface area contributed by atoms with E-state index in [4.69, 9.17) is 0 Å². The first-order valence-corrected chi connectivity index (χ1v) is 8.98. The maximum Gasteiger partial charge on any atom is 0.267 e. The first-order chi connectivity index (χ1) is 11.5. The van der Waals surface area contributed by atoms with Crippen molar-refractivity contribution in [2.45, 2.75) is 45.6 Å². The van der Waals surface area contributed by atoms with Crippen LogP contribution in [-0.4, -0.2) is 15.7 Å². The second kappa shape index (κ2) is 7.30. The van der Waals surface area contributed by atoms with Crippen LogP contribution in [0.3, 0.4) is 0 Å². The third kappa shape index (κ3) is 3.93. The number of aryl methyl sites for hydroxylation is 3. The summed E-state index contributed by atoms with van der Waals surface area (Å²) >= 11 is 3.43. The maximum absolute atomic E-state index is 12.2. The highest BCUT2D eigenvalue weighted by molar-refractivity contribution is 9.10. The van der Waals surface area contributed by atoms with Crippen LogP contribution in [0.25, 0.3) is 0 Å². The molecule has 126 valence electrons. The number of benzene rings is 1. The minimum Gasteiger partial charge on any atom is -0.324 e. The molecule has 0 aliphatic heterocycles. The highest BCUT2D eigenvalue weighted by Gasteiger charge is 2.14. The third-order valence-electron chi connectivity index (χ3n) is 4.26. The molecule has 1 aliphatic carbocycles. The van der Waals surface area contributed by atoms with Crippen LogP contribution in [0.5, 0.6) is 0 Å². The van der Waals surface area contributed by atoms with Crippen LogP contribution in [0.1, 0.15) is 36.1 Å². The molecule has 6 heteroatoms. The number of aromatic nitrogens is 2. The molecule has 3 rings (SSSR count). The molecule has 1 heterocycles. The lowest BCUT2D eigenvalue weighted by molar-refractivity contribution is -0.117. The molecule has 0 saturated carbocycles. The molecule has 0 atom stereocenters. The molecule has 0 bridgehead atoms. The number of hydrogen-bond donors (Lipinski definition) is 1. The molecule has 0 unspecified atom stereocenters. The van der Waals surface area contributed by atoms with E-state index in [9.17, 15) is 9.59 Å². The van der Waals surface area contributed by atoms with E-state index in [1.54, 1.807) is 6.07 Å². The van der Waals surface area contributed by atoms with Gasteiger partial charge in [0.05, 0.1) is 5.69 Å². The Morgan fingerprint density at radius 1 is 1.25 bits per heavy atom. The zero-order chi connectivity index (χ0) is 17.1. The van der Waals surface area contributed by atoms with E-state index in [1.165, 1.54) is 4.68 Å². The fraction of sp³-hybridized carbons (Fsp3) is 0.389. The van der Waals surface area contributed by atoms with Crippen molar-refractivity contribution in [3.8, 4) is 0 Å². The summed E-state index contributed by atoms with van der Waals surface area (Å²) in [6.45, 7) is 1.89. The summed E-state index contributed by atoms with van der Waals surface area (Å²) in [6, 6.07) is 7.24. The Morgan fingerprint density at radius 2 is 2.04 bits per heavy atom. The number of amides is 1. The third-order valence-corrected chi connectivity index (χ3v) is 5.15. The molecule has 0 radical (unpaired) electrons. The number of halogens is 1. The number of carbonyl (C=O) groups is 1. The van der Waals surface area contributed by atoms with E-state index >= 15 is 0 Å². The average molecular weight is 390 g/mol. The summed E-state index contributed by atoms with van der Waals surface area (Å²) in [4.78, 5) is 24.4. The van der Waals surface area contributed by atoms with Gasteiger partial charge in [-0.05, 0) is 61.9 Å². The zero-order valence-electron chi connectivity index (χ0n) is 13.6. The van der Waals surface area contributed by atoms with Gasteiger partial charge in [-0.3, -0.25) is 9.59 Å². The Hall–Kier alpha value is -1.95. The molecule has 5 nitrogen and oxygen atoms in total. The van der Waals surface area contributed by atoms with Crippen molar-refractivity contribution < 1.29 is 4.79 Å². The first-order valence-electron chi connectivity index (χ1n) is 8.19. The summed E-state index contributed by atoms with van der Waals surface area (Å²) in [6.07, 6.45) is 5.13. The standard InChI is InChI=1S/C18H20BrN3O2/c1-12-9-14(7-8-15(12)19)20-17(23)11-22-18(24)10-13-5-3-2-4-6-16(13)21-22/h7-10H,2-6,11H2,1H3,(H,20,23). The number of carbonyl (C=O) groups excluding carboxylic acids is 1. The molecule has 0 fully saturated rings. The number of nitrogens with one attached hydrogen (secondary N) is 1. The van der Waals surface area contributed by atoms with Gasteiger partial charge in [0.1, 0.15) is 6.54 Å². The Labute approximate surface area is 149 Å². The maximum atomic E-state index is 12.2. The van der Waals surface area contributed by atoms with Crippen LogP contribution in [0.15, 0.2) is 33.5 Å². The normalized spacial score (nSPS) is 13.9. The van der Waals surface area contributed by atoms with E-state index in [0.29, 0.717) is 5.69 Å². The predicted octanol–water partition coefficient (Wildman–Crippen LogP) is 3.22. The molecular weight excluding hydrogens is 370 g/mol. The Bertz CT molecular complexity index is 829.